The topological polar surface area (TPSA) is 66.6 Å². The summed E-state index contributed by atoms with van der Waals surface area (Å²) in [6.07, 6.45) is 1.47. The number of nitrogens with two attached hydrogens (primary N) is 1. The number of benzene rings is 1. The second-order valence-electron chi connectivity index (χ2n) is 4.99. The smallest absolute Gasteiger partial charge is 0.253 e. The molecule has 1 saturated heterocycles. The SMILES string of the molecule is CC(O)C1CCN(C(=O)c2ccc(N)cc2)CC1. The van der Waals surface area contributed by atoms with Crippen LogP contribution in [0.4, 0.5) is 5.69 Å². The molecule has 4 heteroatoms. The zero-order valence-electron chi connectivity index (χ0n) is 10.7. The summed E-state index contributed by atoms with van der Waals surface area (Å²) in [6, 6.07) is 7.02. The highest BCUT2D eigenvalue weighted by Crippen LogP contribution is 2.22. The maximum absolute atomic E-state index is 12.2. The number of likely N-dealkylation sites (tertiary alicyclic amines) is 1. The Morgan fingerprint density at radius 2 is 1.89 bits per heavy atom. The maximum atomic E-state index is 12.2. The van der Waals surface area contributed by atoms with Crippen molar-refractivity contribution in [2.45, 2.75) is 25.9 Å². The molecule has 1 fully saturated rings. The van der Waals surface area contributed by atoms with Crippen LogP contribution in [0.25, 0.3) is 0 Å². The summed E-state index contributed by atoms with van der Waals surface area (Å²) in [5.74, 6) is 0.375. The summed E-state index contributed by atoms with van der Waals surface area (Å²) in [5, 5.41) is 9.53. The maximum Gasteiger partial charge on any atom is 0.253 e. The average Bonchev–Trinajstić information content (AvgIpc) is 2.39. The number of piperidine rings is 1. The number of amides is 1. The number of rotatable bonds is 2. The molecule has 0 spiro atoms. The molecule has 18 heavy (non-hydrogen) atoms. The summed E-state index contributed by atoms with van der Waals surface area (Å²) in [7, 11) is 0. The van der Waals surface area contributed by atoms with Crippen molar-refractivity contribution in [1.29, 1.82) is 0 Å². The van der Waals surface area contributed by atoms with E-state index in [1.807, 2.05) is 11.8 Å². The second kappa shape index (κ2) is 5.40. The first-order chi connectivity index (χ1) is 8.58. The van der Waals surface area contributed by atoms with E-state index in [4.69, 9.17) is 5.73 Å². The van der Waals surface area contributed by atoms with Crippen LogP contribution in [-0.4, -0.2) is 35.1 Å². The molecule has 1 aliphatic rings. The second-order valence-corrected chi connectivity index (χ2v) is 4.99. The van der Waals surface area contributed by atoms with Crippen molar-refractivity contribution in [3.63, 3.8) is 0 Å². The van der Waals surface area contributed by atoms with Gasteiger partial charge in [-0.3, -0.25) is 4.79 Å². The lowest BCUT2D eigenvalue weighted by atomic mass is 9.92. The van der Waals surface area contributed by atoms with Crippen LogP contribution in [0.1, 0.15) is 30.1 Å². The lowest BCUT2D eigenvalue weighted by Crippen LogP contribution is -2.40. The molecule has 3 N–H and O–H groups in total. The van der Waals surface area contributed by atoms with Crippen molar-refractivity contribution in [1.82, 2.24) is 4.90 Å². The van der Waals surface area contributed by atoms with E-state index in [-0.39, 0.29) is 12.0 Å². The van der Waals surface area contributed by atoms with Crippen molar-refractivity contribution in [2.24, 2.45) is 5.92 Å². The molecule has 98 valence electrons. The standard InChI is InChI=1S/C14H20N2O2/c1-10(17)11-6-8-16(9-7-11)14(18)12-2-4-13(15)5-3-12/h2-5,10-11,17H,6-9,15H2,1H3. The molecule has 4 nitrogen and oxygen atoms in total. The molecular weight excluding hydrogens is 228 g/mol. The summed E-state index contributed by atoms with van der Waals surface area (Å²) in [5.41, 5.74) is 6.95. The molecule has 1 aromatic rings. The molecule has 2 rings (SSSR count). The number of nitrogens with zero attached hydrogens (tertiary/aromatic N) is 1. The Bertz CT molecular complexity index is 406. The van der Waals surface area contributed by atoms with Crippen LogP contribution in [0.5, 0.6) is 0 Å². The third-order valence-corrected chi connectivity index (χ3v) is 3.67. The lowest BCUT2D eigenvalue weighted by molar-refractivity contribution is 0.0521. The lowest BCUT2D eigenvalue weighted by Gasteiger charge is -2.33. The minimum Gasteiger partial charge on any atom is -0.399 e. The van der Waals surface area contributed by atoms with Crippen molar-refractivity contribution >= 4 is 11.6 Å². The van der Waals surface area contributed by atoms with Crippen LogP contribution >= 0.6 is 0 Å². The zero-order valence-corrected chi connectivity index (χ0v) is 10.7. The summed E-state index contributed by atoms with van der Waals surface area (Å²) >= 11 is 0. The van der Waals surface area contributed by atoms with Gasteiger partial charge in [0.05, 0.1) is 6.10 Å². The van der Waals surface area contributed by atoms with Crippen LogP contribution < -0.4 is 5.73 Å². The van der Waals surface area contributed by atoms with Gasteiger partial charge in [0.15, 0.2) is 0 Å². The first-order valence-electron chi connectivity index (χ1n) is 6.41. The van der Waals surface area contributed by atoms with E-state index in [0.717, 1.165) is 25.9 Å². The predicted octanol–water partition coefficient (Wildman–Crippen LogP) is 1.50. The van der Waals surface area contributed by atoms with Gasteiger partial charge in [-0.2, -0.15) is 0 Å². The number of carbonyl (C=O) groups excluding carboxylic acids is 1. The molecule has 0 radical (unpaired) electrons. The average molecular weight is 248 g/mol. The molecule has 1 amide bonds. The van der Waals surface area contributed by atoms with Gasteiger partial charge in [-0.15, -0.1) is 0 Å². The van der Waals surface area contributed by atoms with Crippen LogP contribution in [0.3, 0.4) is 0 Å². The van der Waals surface area contributed by atoms with Crippen LogP contribution in [0.2, 0.25) is 0 Å². The number of anilines is 1. The Balaban J connectivity index is 1.97. The number of hydrogen-bond donors (Lipinski definition) is 2. The van der Waals surface area contributed by atoms with Crippen LogP contribution in [0, 0.1) is 5.92 Å². The molecule has 1 unspecified atom stereocenters. The summed E-state index contributed by atoms with van der Waals surface area (Å²) < 4.78 is 0. The van der Waals surface area contributed by atoms with Gasteiger partial charge in [0.2, 0.25) is 0 Å². The monoisotopic (exact) mass is 248 g/mol. The fraction of sp³-hybridized carbons (Fsp3) is 0.500. The molecule has 0 aromatic heterocycles. The molecule has 0 aliphatic carbocycles. The Kier molecular flexibility index (Phi) is 3.87. The minimum absolute atomic E-state index is 0.0547. The van der Waals surface area contributed by atoms with Gasteiger partial charge in [0.1, 0.15) is 0 Å². The Labute approximate surface area is 107 Å². The normalized spacial score (nSPS) is 18.7. The van der Waals surface area contributed by atoms with Gasteiger partial charge < -0.3 is 15.7 Å². The molecule has 1 aliphatic heterocycles. The molecule has 0 saturated carbocycles. The quantitative estimate of drug-likeness (QED) is 0.779. The van der Waals surface area contributed by atoms with Crippen LogP contribution in [-0.2, 0) is 0 Å². The molecule has 0 bridgehead atoms. The molecule has 1 aromatic carbocycles. The third kappa shape index (κ3) is 2.82. The van der Waals surface area contributed by atoms with Gasteiger partial charge in [0, 0.05) is 24.3 Å². The first kappa shape index (κ1) is 12.9. The number of nitrogen functional groups attached to an aromatic ring is 1. The summed E-state index contributed by atoms with van der Waals surface area (Å²) in [6.45, 7) is 3.26. The first-order valence-corrected chi connectivity index (χ1v) is 6.41. The summed E-state index contributed by atoms with van der Waals surface area (Å²) in [4.78, 5) is 14.1. The number of hydrogen-bond acceptors (Lipinski definition) is 3. The number of aliphatic hydroxyl groups excluding tert-OH is 1. The minimum atomic E-state index is -0.279. The van der Waals surface area contributed by atoms with E-state index < -0.39 is 0 Å². The van der Waals surface area contributed by atoms with Gasteiger partial charge in [-0.25, -0.2) is 0 Å². The van der Waals surface area contributed by atoms with Gasteiger partial charge in [-0.05, 0) is 49.9 Å². The molecule has 1 atom stereocenters. The highest BCUT2D eigenvalue weighted by molar-refractivity contribution is 5.94. The van der Waals surface area contributed by atoms with E-state index in [1.165, 1.54) is 0 Å². The van der Waals surface area contributed by atoms with Crippen molar-refractivity contribution in [2.75, 3.05) is 18.8 Å². The van der Waals surface area contributed by atoms with Crippen LogP contribution in [0.15, 0.2) is 24.3 Å². The van der Waals surface area contributed by atoms with E-state index in [2.05, 4.69) is 0 Å². The van der Waals surface area contributed by atoms with E-state index in [0.29, 0.717) is 17.2 Å². The van der Waals surface area contributed by atoms with Gasteiger partial charge in [0.25, 0.3) is 5.91 Å². The fourth-order valence-corrected chi connectivity index (χ4v) is 2.39. The van der Waals surface area contributed by atoms with Crippen molar-refractivity contribution in [3.8, 4) is 0 Å². The van der Waals surface area contributed by atoms with E-state index in [1.54, 1.807) is 24.3 Å². The number of carbonyl (C=O) groups is 1. The van der Waals surface area contributed by atoms with Crippen molar-refractivity contribution in [3.05, 3.63) is 29.8 Å². The zero-order chi connectivity index (χ0) is 13.1. The fourth-order valence-electron chi connectivity index (χ4n) is 2.39. The van der Waals surface area contributed by atoms with Gasteiger partial charge in [-0.1, -0.05) is 0 Å². The highest BCUT2D eigenvalue weighted by Gasteiger charge is 2.25. The van der Waals surface area contributed by atoms with E-state index >= 15 is 0 Å². The van der Waals surface area contributed by atoms with Crippen molar-refractivity contribution < 1.29 is 9.90 Å². The molecular formula is C14H20N2O2. The van der Waals surface area contributed by atoms with E-state index in [9.17, 15) is 9.90 Å². The molecule has 1 heterocycles. The highest BCUT2D eigenvalue weighted by atomic mass is 16.3. The Morgan fingerprint density at radius 1 is 1.33 bits per heavy atom. The largest absolute Gasteiger partial charge is 0.399 e. The number of aliphatic hydroxyl groups is 1. The Hall–Kier alpha value is -1.55. The van der Waals surface area contributed by atoms with Gasteiger partial charge >= 0.3 is 0 Å². The third-order valence-electron chi connectivity index (χ3n) is 3.67. The Morgan fingerprint density at radius 3 is 2.39 bits per heavy atom. The predicted molar refractivity (Wildman–Crippen MR) is 71.2 cm³/mol.